The molecule has 0 aromatic heterocycles. The van der Waals surface area contributed by atoms with Crippen LogP contribution in [0.5, 0.6) is 17.2 Å². The van der Waals surface area contributed by atoms with E-state index in [0.717, 1.165) is 11.1 Å². The zero-order valence-electron chi connectivity index (χ0n) is 13.5. The Morgan fingerprint density at radius 2 is 2.08 bits per heavy atom. The standard InChI is InChI=1S/C18H18N2O4/c1-12-4-3-5-15(8-12)24-13(2)18(21)20-19-10-14-6-7-16-17(9-14)23-11-22-16/h3-10,13H,11H2,1-2H3,(H,20,21)/b19-10-/t13-/m0/s1. The molecule has 0 bridgehead atoms. The van der Waals surface area contributed by atoms with Crippen LogP contribution in [0, 0.1) is 6.92 Å². The summed E-state index contributed by atoms with van der Waals surface area (Å²) < 4.78 is 16.1. The van der Waals surface area contributed by atoms with Crippen LogP contribution in [-0.4, -0.2) is 25.0 Å². The molecular formula is C18H18N2O4. The summed E-state index contributed by atoms with van der Waals surface area (Å²) in [5.41, 5.74) is 4.34. The molecular weight excluding hydrogens is 308 g/mol. The molecule has 1 amide bonds. The summed E-state index contributed by atoms with van der Waals surface area (Å²) in [5.74, 6) is 1.70. The van der Waals surface area contributed by atoms with Gasteiger partial charge in [0.25, 0.3) is 5.91 Å². The van der Waals surface area contributed by atoms with Crippen LogP contribution in [0.4, 0.5) is 0 Å². The molecule has 1 atom stereocenters. The number of carbonyl (C=O) groups is 1. The topological polar surface area (TPSA) is 69.2 Å². The molecule has 0 radical (unpaired) electrons. The smallest absolute Gasteiger partial charge is 0.280 e. The quantitative estimate of drug-likeness (QED) is 0.677. The minimum Gasteiger partial charge on any atom is -0.481 e. The number of hydrazone groups is 1. The number of hydrogen-bond acceptors (Lipinski definition) is 5. The Morgan fingerprint density at radius 1 is 1.25 bits per heavy atom. The first-order valence-electron chi connectivity index (χ1n) is 7.58. The molecule has 1 aliphatic rings. The number of ether oxygens (including phenoxy) is 3. The van der Waals surface area contributed by atoms with E-state index in [0.29, 0.717) is 17.2 Å². The van der Waals surface area contributed by atoms with Crippen LogP contribution in [0.2, 0.25) is 0 Å². The molecule has 3 rings (SSSR count). The number of nitrogens with zero attached hydrogens (tertiary/aromatic N) is 1. The van der Waals surface area contributed by atoms with Crippen molar-refractivity contribution in [2.24, 2.45) is 5.10 Å². The number of amides is 1. The number of aryl methyl sites for hydroxylation is 1. The summed E-state index contributed by atoms with van der Waals surface area (Å²) in [7, 11) is 0. The van der Waals surface area contributed by atoms with E-state index < -0.39 is 6.10 Å². The second-order valence-electron chi connectivity index (χ2n) is 5.42. The van der Waals surface area contributed by atoms with Crippen molar-refractivity contribution in [3.05, 3.63) is 53.6 Å². The Balaban J connectivity index is 1.54. The van der Waals surface area contributed by atoms with Gasteiger partial charge in [0.2, 0.25) is 6.79 Å². The first-order chi connectivity index (χ1) is 11.6. The van der Waals surface area contributed by atoms with Crippen LogP contribution in [0.25, 0.3) is 0 Å². The average molecular weight is 326 g/mol. The fourth-order valence-corrected chi connectivity index (χ4v) is 2.20. The average Bonchev–Trinajstić information content (AvgIpc) is 3.02. The van der Waals surface area contributed by atoms with E-state index in [2.05, 4.69) is 10.5 Å². The van der Waals surface area contributed by atoms with E-state index in [4.69, 9.17) is 14.2 Å². The highest BCUT2D eigenvalue weighted by Crippen LogP contribution is 2.31. The Labute approximate surface area is 140 Å². The Hall–Kier alpha value is -3.02. The molecule has 124 valence electrons. The van der Waals surface area contributed by atoms with Gasteiger partial charge in [-0.05, 0) is 55.3 Å². The summed E-state index contributed by atoms with van der Waals surface area (Å²) in [6.07, 6.45) is 0.889. The van der Waals surface area contributed by atoms with Crippen molar-refractivity contribution in [3.8, 4) is 17.2 Å². The summed E-state index contributed by atoms with van der Waals surface area (Å²) in [5, 5.41) is 3.95. The van der Waals surface area contributed by atoms with Crippen molar-refractivity contribution >= 4 is 12.1 Å². The second-order valence-corrected chi connectivity index (χ2v) is 5.42. The third kappa shape index (κ3) is 3.84. The maximum Gasteiger partial charge on any atom is 0.280 e. The molecule has 1 heterocycles. The molecule has 0 saturated heterocycles. The Morgan fingerprint density at radius 3 is 2.92 bits per heavy atom. The molecule has 0 fully saturated rings. The molecule has 1 N–H and O–H groups in total. The Bertz CT molecular complexity index is 773. The number of rotatable bonds is 5. The maximum absolute atomic E-state index is 12.0. The zero-order chi connectivity index (χ0) is 16.9. The van der Waals surface area contributed by atoms with Crippen molar-refractivity contribution in [1.82, 2.24) is 5.43 Å². The fourth-order valence-electron chi connectivity index (χ4n) is 2.20. The van der Waals surface area contributed by atoms with Crippen LogP contribution in [0.1, 0.15) is 18.1 Å². The number of carbonyl (C=O) groups excluding carboxylic acids is 1. The zero-order valence-corrected chi connectivity index (χ0v) is 13.5. The summed E-state index contributed by atoms with van der Waals surface area (Å²) in [4.78, 5) is 12.0. The highest BCUT2D eigenvalue weighted by molar-refractivity contribution is 5.85. The van der Waals surface area contributed by atoms with Gasteiger partial charge in [-0.3, -0.25) is 4.79 Å². The second kappa shape index (κ2) is 7.04. The van der Waals surface area contributed by atoms with Gasteiger partial charge < -0.3 is 14.2 Å². The van der Waals surface area contributed by atoms with Gasteiger partial charge in [0.05, 0.1) is 6.21 Å². The minimum atomic E-state index is -0.652. The largest absolute Gasteiger partial charge is 0.481 e. The summed E-state index contributed by atoms with van der Waals surface area (Å²) in [6, 6.07) is 13.0. The van der Waals surface area contributed by atoms with Crippen molar-refractivity contribution in [1.29, 1.82) is 0 Å². The first-order valence-corrected chi connectivity index (χ1v) is 7.58. The van der Waals surface area contributed by atoms with E-state index in [1.807, 2.05) is 37.3 Å². The predicted octanol–water partition coefficient (Wildman–Crippen LogP) is 2.64. The molecule has 1 aliphatic heterocycles. The van der Waals surface area contributed by atoms with Gasteiger partial charge in [-0.2, -0.15) is 5.10 Å². The number of hydrogen-bond donors (Lipinski definition) is 1. The van der Waals surface area contributed by atoms with Gasteiger partial charge >= 0.3 is 0 Å². The van der Waals surface area contributed by atoms with Crippen LogP contribution in [0.15, 0.2) is 47.6 Å². The monoisotopic (exact) mass is 326 g/mol. The summed E-state index contributed by atoms with van der Waals surface area (Å²) in [6.45, 7) is 3.86. The van der Waals surface area contributed by atoms with Crippen molar-refractivity contribution in [3.63, 3.8) is 0 Å². The molecule has 0 spiro atoms. The van der Waals surface area contributed by atoms with Gasteiger partial charge in [0.15, 0.2) is 17.6 Å². The Kier molecular flexibility index (Phi) is 4.65. The minimum absolute atomic E-state index is 0.223. The molecule has 0 aliphatic carbocycles. The van der Waals surface area contributed by atoms with Crippen LogP contribution in [0.3, 0.4) is 0 Å². The first kappa shape index (κ1) is 15.9. The molecule has 0 unspecified atom stereocenters. The lowest BCUT2D eigenvalue weighted by Crippen LogP contribution is -2.33. The van der Waals surface area contributed by atoms with Crippen LogP contribution < -0.4 is 19.6 Å². The number of nitrogens with one attached hydrogen (secondary N) is 1. The van der Waals surface area contributed by atoms with E-state index in [-0.39, 0.29) is 12.7 Å². The highest BCUT2D eigenvalue weighted by Gasteiger charge is 2.14. The molecule has 0 saturated carbocycles. The van der Waals surface area contributed by atoms with Crippen LogP contribution in [-0.2, 0) is 4.79 Å². The van der Waals surface area contributed by atoms with Gasteiger partial charge in [-0.15, -0.1) is 0 Å². The van der Waals surface area contributed by atoms with Crippen molar-refractivity contribution < 1.29 is 19.0 Å². The van der Waals surface area contributed by atoms with E-state index in [1.165, 1.54) is 0 Å². The maximum atomic E-state index is 12.0. The van der Waals surface area contributed by atoms with Gasteiger partial charge in [-0.1, -0.05) is 12.1 Å². The third-order valence-electron chi connectivity index (χ3n) is 3.46. The van der Waals surface area contributed by atoms with Gasteiger partial charge in [-0.25, -0.2) is 5.43 Å². The highest BCUT2D eigenvalue weighted by atomic mass is 16.7. The lowest BCUT2D eigenvalue weighted by molar-refractivity contribution is -0.127. The lowest BCUT2D eigenvalue weighted by Gasteiger charge is -2.13. The molecule has 2 aromatic rings. The van der Waals surface area contributed by atoms with E-state index in [9.17, 15) is 4.79 Å². The lowest BCUT2D eigenvalue weighted by atomic mass is 10.2. The van der Waals surface area contributed by atoms with Crippen molar-refractivity contribution in [2.75, 3.05) is 6.79 Å². The summed E-state index contributed by atoms with van der Waals surface area (Å²) >= 11 is 0. The predicted molar refractivity (Wildman–Crippen MR) is 89.6 cm³/mol. The van der Waals surface area contributed by atoms with Gasteiger partial charge in [0, 0.05) is 0 Å². The third-order valence-corrected chi connectivity index (χ3v) is 3.46. The fraction of sp³-hybridized carbons (Fsp3) is 0.222. The molecule has 2 aromatic carbocycles. The number of benzene rings is 2. The normalized spacial score (nSPS) is 13.8. The SMILES string of the molecule is Cc1cccc(O[C@@H](C)C(=O)N/N=C\c2ccc3c(c2)OCO3)c1. The molecule has 24 heavy (non-hydrogen) atoms. The molecule has 6 nitrogen and oxygen atoms in total. The van der Waals surface area contributed by atoms with Crippen molar-refractivity contribution in [2.45, 2.75) is 20.0 Å². The molecule has 6 heteroatoms. The van der Waals surface area contributed by atoms with Gasteiger partial charge in [0.1, 0.15) is 5.75 Å². The van der Waals surface area contributed by atoms with E-state index in [1.54, 1.807) is 25.3 Å². The van der Waals surface area contributed by atoms with E-state index >= 15 is 0 Å². The number of fused-ring (bicyclic) bond motifs is 1. The van der Waals surface area contributed by atoms with Crippen LogP contribution >= 0.6 is 0 Å².